The highest BCUT2D eigenvalue weighted by Crippen LogP contribution is 2.33. The maximum absolute atomic E-state index is 12.7. The van der Waals surface area contributed by atoms with Crippen LogP contribution in [0.2, 0.25) is 0 Å². The largest absolute Gasteiger partial charge is 0.477 e. The molecule has 7 N–H and O–H groups in total. The number of carboxylic acids is 1. The van der Waals surface area contributed by atoms with Gasteiger partial charge in [0.1, 0.15) is 0 Å². The number of carboxylic acid groups (broad SMARTS) is 1. The van der Waals surface area contributed by atoms with Gasteiger partial charge in [0.25, 0.3) is 11.7 Å². The normalized spacial score (nSPS) is 23.5. The molecular formula is C29H39N3O9S. The Labute approximate surface area is 247 Å². The third-order valence-corrected chi connectivity index (χ3v) is 8.22. The molecule has 1 fully saturated rings. The van der Waals surface area contributed by atoms with E-state index in [9.17, 15) is 33.9 Å². The maximum Gasteiger partial charge on any atom is 0.364 e. The van der Waals surface area contributed by atoms with Crippen molar-refractivity contribution in [2.24, 2.45) is 5.73 Å². The number of ether oxygens (including phenoxy) is 2. The smallest absolute Gasteiger partial charge is 0.364 e. The van der Waals surface area contributed by atoms with Gasteiger partial charge in [-0.3, -0.25) is 13.8 Å². The number of benzene rings is 2. The van der Waals surface area contributed by atoms with Crippen LogP contribution in [0.25, 0.3) is 11.1 Å². The minimum absolute atomic E-state index is 0.117. The Morgan fingerprint density at radius 2 is 1.79 bits per heavy atom. The first-order chi connectivity index (χ1) is 20.0. The number of carbonyl (C=O) groups excluding carboxylic acids is 2. The molecule has 42 heavy (non-hydrogen) atoms. The number of amides is 2. The fourth-order valence-corrected chi connectivity index (χ4v) is 5.63. The Morgan fingerprint density at radius 1 is 1.12 bits per heavy atom. The van der Waals surface area contributed by atoms with Crippen LogP contribution in [0, 0.1) is 0 Å². The Balaban J connectivity index is 1.63. The van der Waals surface area contributed by atoms with Gasteiger partial charge >= 0.3 is 5.97 Å². The summed E-state index contributed by atoms with van der Waals surface area (Å²) < 4.78 is 23.3. The van der Waals surface area contributed by atoms with Crippen LogP contribution in [-0.2, 0) is 29.9 Å². The average molecular weight is 606 g/mol. The monoisotopic (exact) mass is 605 g/mol. The van der Waals surface area contributed by atoms with Crippen molar-refractivity contribution in [2.75, 3.05) is 31.2 Å². The zero-order chi connectivity index (χ0) is 30.7. The Hall–Kier alpha value is -3.20. The minimum Gasteiger partial charge on any atom is -0.477 e. The van der Waals surface area contributed by atoms with Gasteiger partial charge in [-0.2, -0.15) is 0 Å². The summed E-state index contributed by atoms with van der Waals surface area (Å²) in [6, 6.07) is 15.6. The highest BCUT2D eigenvalue weighted by Gasteiger charge is 2.53. The molecule has 0 spiro atoms. The fraction of sp³-hybridized carbons (Fsp3) is 0.483. The second-order valence-electron chi connectivity index (χ2n) is 10.1. The predicted octanol–water partition coefficient (Wildman–Crippen LogP) is 0.384. The molecule has 13 heteroatoms. The molecule has 0 saturated carbocycles. The molecule has 1 saturated heterocycles. The van der Waals surface area contributed by atoms with Crippen LogP contribution >= 0.6 is 0 Å². The van der Waals surface area contributed by atoms with E-state index in [2.05, 4.69) is 10.6 Å². The number of hydrogen-bond donors (Lipinski definition) is 6. The zero-order valence-electron chi connectivity index (χ0n) is 23.4. The highest BCUT2D eigenvalue weighted by atomic mass is 32.2. The predicted molar refractivity (Wildman–Crippen MR) is 156 cm³/mol. The van der Waals surface area contributed by atoms with E-state index in [-0.39, 0.29) is 38.3 Å². The highest BCUT2D eigenvalue weighted by molar-refractivity contribution is 7.84. The van der Waals surface area contributed by atoms with E-state index in [1.54, 1.807) is 12.1 Å². The van der Waals surface area contributed by atoms with Gasteiger partial charge in [-0.15, -0.1) is 0 Å². The Morgan fingerprint density at radius 3 is 2.40 bits per heavy atom. The van der Waals surface area contributed by atoms with Crippen molar-refractivity contribution < 1.29 is 43.4 Å². The summed E-state index contributed by atoms with van der Waals surface area (Å²) in [6.45, 7) is 1.18. The lowest BCUT2D eigenvalue weighted by molar-refractivity contribution is -0.297. The summed E-state index contributed by atoms with van der Waals surface area (Å²) in [5.41, 5.74) is 7.73. The first-order valence-electron chi connectivity index (χ1n) is 13.7. The van der Waals surface area contributed by atoms with Gasteiger partial charge in [0, 0.05) is 60.7 Å². The van der Waals surface area contributed by atoms with Gasteiger partial charge in [-0.1, -0.05) is 42.5 Å². The number of carbonyl (C=O) groups is 3. The third-order valence-electron chi connectivity index (χ3n) is 6.78. The fourth-order valence-electron chi connectivity index (χ4n) is 4.73. The summed E-state index contributed by atoms with van der Waals surface area (Å²) in [7, 11) is -1.17. The summed E-state index contributed by atoms with van der Waals surface area (Å²) in [6.07, 6.45) is -4.20. The van der Waals surface area contributed by atoms with Crippen molar-refractivity contribution in [1.82, 2.24) is 10.6 Å². The van der Waals surface area contributed by atoms with Crippen LogP contribution in [-0.4, -0.2) is 98.7 Å². The molecule has 1 aliphatic rings. The molecule has 2 amide bonds. The number of aliphatic hydroxyl groups is 2. The molecule has 0 aromatic heterocycles. The van der Waals surface area contributed by atoms with Gasteiger partial charge in [-0.25, -0.2) is 4.79 Å². The van der Waals surface area contributed by atoms with E-state index in [0.29, 0.717) is 11.3 Å². The molecular weight excluding hydrogens is 566 g/mol. The molecule has 1 heterocycles. The molecule has 1 aliphatic heterocycles. The van der Waals surface area contributed by atoms with Crippen LogP contribution in [0.1, 0.15) is 36.5 Å². The molecule has 3 rings (SSSR count). The molecule has 0 bridgehead atoms. The molecule has 6 atom stereocenters. The second-order valence-corrected chi connectivity index (χ2v) is 11.8. The van der Waals surface area contributed by atoms with Crippen LogP contribution in [0.3, 0.4) is 0 Å². The van der Waals surface area contributed by atoms with Crippen molar-refractivity contribution in [2.45, 2.75) is 56.3 Å². The van der Waals surface area contributed by atoms with Crippen molar-refractivity contribution in [1.29, 1.82) is 0 Å². The van der Waals surface area contributed by atoms with Gasteiger partial charge < -0.3 is 41.2 Å². The summed E-state index contributed by atoms with van der Waals surface area (Å²) >= 11 is 0. The molecule has 0 radical (unpaired) electrons. The van der Waals surface area contributed by atoms with E-state index in [1.807, 2.05) is 42.5 Å². The second kappa shape index (κ2) is 15.9. The molecule has 2 aromatic rings. The van der Waals surface area contributed by atoms with E-state index in [1.165, 1.54) is 6.92 Å². The molecule has 1 unspecified atom stereocenters. The quantitative estimate of drug-likeness (QED) is 0.154. The van der Waals surface area contributed by atoms with Crippen LogP contribution in [0.4, 0.5) is 0 Å². The Bertz CT molecular complexity index is 1210. The molecule has 0 aliphatic carbocycles. The van der Waals surface area contributed by atoms with Crippen LogP contribution in [0.5, 0.6) is 0 Å². The number of hydrogen-bond acceptors (Lipinski definition) is 9. The zero-order valence-corrected chi connectivity index (χ0v) is 24.3. The van der Waals surface area contributed by atoms with Gasteiger partial charge in [0.15, 0.2) is 0 Å². The average Bonchev–Trinajstić information content (AvgIpc) is 2.96. The van der Waals surface area contributed by atoms with Crippen LogP contribution in [0.15, 0.2) is 54.6 Å². The van der Waals surface area contributed by atoms with Crippen LogP contribution < -0.4 is 16.4 Å². The van der Waals surface area contributed by atoms with E-state index in [0.717, 1.165) is 11.1 Å². The van der Waals surface area contributed by atoms with Gasteiger partial charge in [-0.05, 0) is 29.7 Å². The summed E-state index contributed by atoms with van der Waals surface area (Å²) in [5, 5.41) is 36.7. The first-order valence-corrected chi connectivity index (χ1v) is 15.2. The molecule has 230 valence electrons. The topological polar surface area (TPSA) is 198 Å². The SMILES string of the molecule is CC(=O)N[C@H]1[C@H](C[C@H](O)CNC(=O)c2ccc(-c3ccccc3)cc2)O[C@@](OCCCS(=O)CCN)(C(=O)O)C[C@@H]1O. The maximum atomic E-state index is 12.7. The first kappa shape index (κ1) is 33.3. The summed E-state index contributed by atoms with van der Waals surface area (Å²) in [4.78, 5) is 36.8. The third kappa shape index (κ3) is 9.41. The lowest BCUT2D eigenvalue weighted by Gasteiger charge is -2.45. The van der Waals surface area contributed by atoms with Gasteiger partial charge in [0.05, 0.1) is 31.0 Å². The van der Waals surface area contributed by atoms with Crippen molar-refractivity contribution in [3.63, 3.8) is 0 Å². The van der Waals surface area contributed by atoms with Crippen molar-refractivity contribution >= 4 is 28.6 Å². The molecule has 2 aromatic carbocycles. The lowest BCUT2D eigenvalue weighted by Crippen LogP contribution is -2.64. The number of aliphatic carboxylic acids is 1. The van der Waals surface area contributed by atoms with E-state index in [4.69, 9.17) is 15.2 Å². The minimum atomic E-state index is -2.25. The lowest BCUT2D eigenvalue weighted by atomic mass is 9.90. The van der Waals surface area contributed by atoms with Gasteiger partial charge in [0.2, 0.25) is 5.91 Å². The molecule has 12 nitrogen and oxygen atoms in total. The Kier molecular flexibility index (Phi) is 12.6. The van der Waals surface area contributed by atoms with E-state index >= 15 is 0 Å². The number of nitrogens with one attached hydrogen (secondary N) is 2. The number of aliphatic hydroxyl groups excluding tert-OH is 2. The van der Waals surface area contributed by atoms with E-state index < -0.39 is 65.1 Å². The summed E-state index contributed by atoms with van der Waals surface area (Å²) in [5.74, 6) is -4.09. The van der Waals surface area contributed by atoms with Crippen molar-refractivity contribution in [3.05, 3.63) is 60.2 Å². The van der Waals surface area contributed by atoms with Crippen molar-refractivity contribution in [3.8, 4) is 11.1 Å². The standard InChI is InChI=1S/C29H39N3O9S/c1-19(33)32-26-24(35)17-29(28(37)38,40-13-5-14-42(39)15-12-30)41-25(26)16-23(34)18-31-27(36)22-10-8-21(9-11-22)20-6-3-2-4-7-20/h2-4,6-11,23-26,34-35H,5,12-18,30H2,1H3,(H,31,36)(H,32,33)(H,37,38)/t23-,24-,25-,26+,29+,42?/m0/s1. The number of rotatable bonds is 15. The number of nitrogens with two attached hydrogens (primary N) is 1.